The van der Waals surface area contributed by atoms with Crippen LogP contribution in [0.5, 0.6) is 0 Å². The van der Waals surface area contributed by atoms with E-state index in [2.05, 4.69) is 48.2 Å². The molecule has 0 saturated heterocycles. The van der Waals surface area contributed by atoms with E-state index < -0.39 is 0 Å². The number of carbonyl (C=O) groups excluding carboxylic acids is 1. The van der Waals surface area contributed by atoms with Crippen molar-refractivity contribution in [1.82, 2.24) is 9.97 Å². The Kier molecular flexibility index (Phi) is 5.08. The summed E-state index contributed by atoms with van der Waals surface area (Å²) in [4.78, 5) is 20.7. The number of carbonyl (C=O) groups is 1. The van der Waals surface area contributed by atoms with Gasteiger partial charge in [0.25, 0.3) is 5.91 Å². The van der Waals surface area contributed by atoms with Crippen molar-refractivity contribution in [3.05, 3.63) is 62.2 Å². The number of amides is 1. The molecule has 1 amide bonds. The van der Waals surface area contributed by atoms with Crippen molar-refractivity contribution >= 4 is 45.6 Å². The fourth-order valence-electron chi connectivity index (χ4n) is 2.74. The summed E-state index contributed by atoms with van der Waals surface area (Å²) in [6, 6.07) is 5.73. The highest BCUT2D eigenvalue weighted by molar-refractivity contribution is 7.14. The van der Waals surface area contributed by atoms with Crippen LogP contribution in [0.25, 0.3) is 11.3 Å². The Morgan fingerprint density at radius 3 is 2.44 bits per heavy atom. The molecule has 3 rings (SSSR count). The molecule has 0 aliphatic carbocycles. The van der Waals surface area contributed by atoms with E-state index in [1.54, 1.807) is 0 Å². The summed E-state index contributed by atoms with van der Waals surface area (Å²) in [6.45, 7) is 6.20. The summed E-state index contributed by atoms with van der Waals surface area (Å²) >= 11 is 13.1. The van der Waals surface area contributed by atoms with Gasteiger partial charge in [0.05, 0.1) is 16.3 Å². The minimum Gasteiger partial charge on any atom is -0.298 e. The van der Waals surface area contributed by atoms with Crippen LogP contribution in [0.3, 0.4) is 0 Å². The molecule has 128 valence electrons. The van der Waals surface area contributed by atoms with E-state index in [0.29, 0.717) is 10.7 Å². The lowest BCUT2D eigenvalue weighted by Crippen LogP contribution is -2.12. The molecule has 0 bridgehead atoms. The maximum absolute atomic E-state index is 12.3. The van der Waals surface area contributed by atoms with Crippen LogP contribution in [0.15, 0.2) is 29.8 Å². The number of halogens is 2. The van der Waals surface area contributed by atoms with Crippen LogP contribution < -0.4 is 5.32 Å². The molecule has 7 heteroatoms. The molecule has 0 spiro atoms. The second kappa shape index (κ2) is 7.12. The molecule has 0 saturated carbocycles. The summed E-state index contributed by atoms with van der Waals surface area (Å²) in [6.07, 6.45) is 1.38. The summed E-state index contributed by atoms with van der Waals surface area (Å²) < 4.78 is 0. The standard InChI is InChI=1S/C18H15Cl2N3OS/c1-9-4-10(2)15(11(3)5-9)14-8-25-18(22-14)23-17(24)12-6-13(19)16(20)21-7-12/h4-8H,1-3H3,(H,22,23,24). The van der Waals surface area contributed by atoms with Gasteiger partial charge in [-0.1, -0.05) is 40.9 Å². The molecule has 2 aromatic heterocycles. The molecular weight excluding hydrogens is 377 g/mol. The van der Waals surface area contributed by atoms with Crippen molar-refractivity contribution in [1.29, 1.82) is 0 Å². The zero-order valence-electron chi connectivity index (χ0n) is 13.9. The molecule has 3 aromatic rings. The quantitative estimate of drug-likeness (QED) is 0.583. The summed E-state index contributed by atoms with van der Waals surface area (Å²) in [5.41, 5.74) is 5.81. The van der Waals surface area contributed by atoms with E-state index in [1.165, 1.54) is 29.2 Å². The van der Waals surface area contributed by atoms with Crippen LogP contribution in [0.2, 0.25) is 10.2 Å². The number of benzene rings is 1. The van der Waals surface area contributed by atoms with E-state index >= 15 is 0 Å². The lowest BCUT2D eigenvalue weighted by Gasteiger charge is -2.08. The molecule has 0 atom stereocenters. The summed E-state index contributed by atoms with van der Waals surface area (Å²) in [7, 11) is 0. The molecule has 0 unspecified atom stereocenters. The zero-order valence-corrected chi connectivity index (χ0v) is 16.2. The van der Waals surface area contributed by atoms with E-state index in [1.807, 2.05) is 5.38 Å². The van der Waals surface area contributed by atoms with Gasteiger partial charge in [0, 0.05) is 17.1 Å². The number of anilines is 1. The van der Waals surface area contributed by atoms with E-state index in [0.717, 1.165) is 22.4 Å². The number of hydrogen-bond acceptors (Lipinski definition) is 4. The molecule has 0 radical (unpaired) electrons. The molecule has 0 aliphatic rings. The summed E-state index contributed by atoms with van der Waals surface area (Å²) in [5, 5.41) is 5.63. The fourth-order valence-corrected chi connectivity index (χ4v) is 3.71. The van der Waals surface area contributed by atoms with Crippen LogP contribution in [0.1, 0.15) is 27.0 Å². The number of thiazole rings is 1. The molecule has 0 fully saturated rings. The van der Waals surface area contributed by atoms with Gasteiger partial charge in [-0.25, -0.2) is 9.97 Å². The lowest BCUT2D eigenvalue weighted by atomic mass is 9.98. The van der Waals surface area contributed by atoms with E-state index in [4.69, 9.17) is 23.2 Å². The van der Waals surface area contributed by atoms with Gasteiger partial charge in [0.1, 0.15) is 5.15 Å². The van der Waals surface area contributed by atoms with Crippen LogP contribution >= 0.6 is 34.5 Å². The number of hydrogen-bond donors (Lipinski definition) is 1. The number of pyridine rings is 1. The van der Waals surface area contributed by atoms with E-state index in [-0.39, 0.29) is 16.1 Å². The maximum Gasteiger partial charge on any atom is 0.259 e. The molecule has 2 heterocycles. The number of aromatic nitrogens is 2. The van der Waals surface area contributed by atoms with Gasteiger partial charge in [-0.2, -0.15) is 0 Å². The predicted molar refractivity (Wildman–Crippen MR) is 104 cm³/mol. The highest BCUT2D eigenvalue weighted by Crippen LogP contribution is 2.31. The fraction of sp³-hybridized carbons (Fsp3) is 0.167. The van der Waals surface area contributed by atoms with Crippen LogP contribution in [-0.4, -0.2) is 15.9 Å². The number of rotatable bonds is 3. The molecule has 4 nitrogen and oxygen atoms in total. The SMILES string of the molecule is Cc1cc(C)c(-c2csc(NC(=O)c3cnc(Cl)c(Cl)c3)n2)c(C)c1. The molecule has 1 N–H and O–H groups in total. The van der Waals surface area contributed by atoms with Gasteiger partial charge >= 0.3 is 0 Å². The van der Waals surface area contributed by atoms with E-state index in [9.17, 15) is 4.79 Å². The first-order chi connectivity index (χ1) is 11.8. The minimum atomic E-state index is -0.329. The number of nitrogens with zero attached hydrogens (tertiary/aromatic N) is 2. The molecular formula is C18H15Cl2N3OS. The Morgan fingerprint density at radius 1 is 1.12 bits per heavy atom. The average molecular weight is 392 g/mol. The predicted octanol–water partition coefficient (Wildman–Crippen LogP) is 5.69. The van der Waals surface area contributed by atoms with Crippen LogP contribution in [0.4, 0.5) is 5.13 Å². The van der Waals surface area contributed by atoms with Gasteiger partial charge in [-0.05, 0) is 38.0 Å². The zero-order chi connectivity index (χ0) is 18.1. The first-order valence-electron chi connectivity index (χ1n) is 7.51. The first kappa shape index (κ1) is 17.9. The third-order valence-corrected chi connectivity index (χ3v) is 5.16. The van der Waals surface area contributed by atoms with Gasteiger partial charge in [-0.15, -0.1) is 11.3 Å². The largest absolute Gasteiger partial charge is 0.298 e. The normalized spacial score (nSPS) is 10.8. The van der Waals surface area contributed by atoms with Crippen LogP contribution in [-0.2, 0) is 0 Å². The van der Waals surface area contributed by atoms with Crippen molar-refractivity contribution in [2.75, 3.05) is 5.32 Å². The Bertz CT molecular complexity index is 946. The minimum absolute atomic E-state index is 0.167. The van der Waals surface area contributed by atoms with Crippen molar-refractivity contribution < 1.29 is 4.79 Å². The Balaban J connectivity index is 1.85. The summed E-state index contributed by atoms with van der Waals surface area (Å²) in [5.74, 6) is -0.329. The molecule has 1 aromatic carbocycles. The smallest absolute Gasteiger partial charge is 0.259 e. The topological polar surface area (TPSA) is 54.9 Å². The third-order valence-electron chi connectivity index (χ3n) is 3.72. The maximum atomic E-state index is 12.3. The average Bonchev–Trinajstić information content (AvgIpc) is 2.97. The molecule has 25 heavy (non-hydrogen) atoms. The molecule has 0 aliphatic heterocycles. The first-order valence-corrected chi connectivity index (χ1v) is 9.15. The lowest BCUT2D eigenvalue weighted by molar-refractivity contribution is 0.102. The Labute approximate surface area is 159 Å². The highest BCUT2D eigenvalue weighted by atomic mass is 35.5. The van der Waals surface area contributed by atoms with Crippen molar-refractivity contribution in [2.24, 2.45) is 0 Å². The third kappa shape index (κ3) is 3.84. The van der Waals surface area contributed by atoms with Crippen molar-refractivity contribution in [3.8, 4) is 11.3 Å². The Hall–Kier alpha value is -1.95. The number of nitrogens with one attached hydrogen (secondary N) is 1. The highest BCUT2D eigenvalue weighted by Gasteiger charge is 2.14. The van der Waals surface area contributed by atoms with Gasteiger partial charge in [-0.3, -0.25) is 10.1 Å². The van der Waals surface area contributed by atoms with Crippen molar-refractivity contribution in [3.63, 3.8) is 0 Å². The second-order valence-corrected chi connectivity index (χ2v) is 7.39. The van der Waals surface area contributed by atoms with Gasteiger partial charge in [0.2, 0.25) is 0 Å². The van der Waals surface area contributed by atoms with Crippen LogP contribution in [0, 0.1) is 20.8 Å². The second-order valence-electron chi connectivity index (χ2n) is 5.76. The van der Waals surface area contributed by atoms with Gasteiger partial charge < -0.3 is 0 Å². The number of aryl methyl sites for hydroxylation is 3. The van der Waals surface area contributed by atoms with Crippen molar-refractivity contribution in [2.45, 2.75) is 20.8 Å². The monoisotopic (exact) mass is 391 g/mol. The Morgan fingerprint density at radius 2 is 1.80 bits per heavy atom. The van der Waals surface area contributed by atoms with Gasteiger partial charge in [0.15, 0.2) is 5.13 Å².